The van der Waals surface area contributed by atoms with Crippen molar-refractivity contribution in [1.29, 1.82) is 0 Å². The zero-order chi connectivity index (χ0) is 16.2. The van der Waals surface area contributed by atoms with Gasteiger partial charge in [-0.2, -0.15) is 4.31 Å². The summed E-state index contributed by atoms with van der Waals surface area (Å²) in [7, 11) is -3.82. The number of hydrogen-bond acceptors (Lipinski definition) is 4. The van der Waals surface area contributed by atoms with E-state index in [0.29, 0.717) is 0 Å². The Morgan fingerprint density at radius 2 is 1.81 bits per heavy atom. The van der Waals surface area contributed by atoms with Crippen molar-refractivity contribution >= 4 is 21.9 Å². The number of benzene rings is 1. The first-order chi connectivity index (χ1) is 9.70. The Hall–Kier alpha value is -1.93. The molecular formula is C13H18N2O5S. The van der Waals surface area contributed by atoms with E-state index in [9.17, 15) is 18.0 Å². The minimum Gasteiger partial charge on any atom is -0.481 e. The molecule has 0 aliphatic heterocycles. The Kier molecular flexibility index (Phi) is 5.45. The van der Waals surface area contributed by atoms with Gasteiger partial charge in [0.25, 0.3) is 0 Å². The Morgan fingerprint density at radius 1 is 1.29 bits per heavy atom. The molecule has 0 heterocycles. The van der Waals surface area contributed by atoms with Gasteiger partial charge in [-0.05, 0) is 31.2 Å². The highest BCUT2D eigenvalue weighted by atomic mass is 32.2. The average Bonchev–Trinajstić information content (AvgIpc) is 2.38. The molecule has 0 saturated carbocycles. The second-order valence-corrected chi connectivity index (χ2v) is 6.43. The fraction of sp³-hybridized carbons (Fsp3) is 0.385. The summed E-state index contributed by atoms with van der Waals surface area (Å²) in [6, 6.07) is 4.54. The molecule has 21 heavy (non-hydrogen) atoms. The van der Waals surface area contributed by atoms with Crippen molar-refractivity contribution in [2.45, 2.75) is 31.2 Å². The van der Waals surface area contributed by atoms with Crippen LogP contribution in [0.3, 0.4) is 0 Å². The first-order valence-electron chi connectivity index (χ1n) is 6.33. The number of rotatable bonds is 7. The number of primary amides is 1. The molecule has 0 bridgehead atoms. The molecule has 0 spiro atoms. The van der Waals surface area contributed by atoms with E-state index < -0.39 is 27.9 Å². The summed E-state index contributed by atoms with van der Waals surface area (Å²) in [5.74, 6) is -1.72. The number of nitrogens with two attached hydrogens (primary N) is 1. The van der Waals surface area contributed by atoms with Crippen LogP contribution >= 0.6 is 0 Å². The van der Waals surface area contributed by atoms with Gasteiger partial charge in [-0.1, -0.05) is 6.92 Å². The van der Waals surface area contributed by atoms with Gasteiger partial charge >= 0.3 is 5.97 Å². The third-order valence-corrected chi connectivity index (χ3v) is 5.12. The molecule has 3 N–H and O–H groups in total. The number of nitrogens with zero attached hydrogens (tertiary/aromatic N) is 1. The van der Waals surface area contributed by atoms with Crippen LogP contribution in [0.4, 0.5) is 0 Å². The van der Waals surface area contributed by atoms with E-state index >= 15 is 0 Å². The predicted octanol–water partition coefficient (Wildman–Crippen LogP) is 0.659. The molecule has 0 radical (unpaired) electrons. The third kappa shape index (κ3) is 4.02. The molecule has 0 aromatic heterocycles. The molecule has 116 valence electrons. The summed E-state index contributed by atoms with van der Waals surface area (Å²) in [5, 5.41) is 8.79. The zero-order valence-corrected chi connectivity index (χ0v) is 12.6. The van der Waals surface area contributed by atoms with Gasteiger partial charge in [0.1, 0.15) is 0 Å². The molecule has 0 aliphatic carbocycles. The summed E-state index contributed by atoms with van der Waals surface area (Å²) in [4.78, 5) is 21.7. The van der Waals surface area contributed by atoms with Crippen molar-refractivity contribution in [2.75, 3.05) is 6.54 Å². The van der Waals surface area contributed by atoms with E-state index in [1.807, 2.05) is 0 Å². The van der Waals surface area contributed by atoms with Crippen molar-refractivity contribution in [1.82, 2.24) is 4.31 Å². The summed E-state index contributed by atoms with van der Waals surface area (Å²) in [6.07, 6.45) is -0.285. The van der Waals surface area contributed by atoms with Crippen LogP contribution in [-0.2, 0) is 14.8 Å². The quantitative estimate of drug-likeness (QED) is 0.766. The van der Waals surface area contributed by atoms with Crippen LogP contribution < -0.4 is 5.73 Å². The van der Waals surface area contributed by atoms with Gasteiger partial charge in [-0.3, -0.25) is 9.59 Å². The van der Waals surface area contributed by atoms with Crippen LogP contribution in [-0.4, -0.2) is 42.3 Å². The maximum atomic E-state index is 12.5. The number of carboxylic acid groups (broad SMARTS) is 1. The number of carbonyl (C=O) groups is 2. The third-order valence-electron chi connectivity index (χ3n) is 3.02. The number of carbonyl (C=O) groups excluding carboxylic acids is 1. The minimum atomic E-state index is -3.82. The monoisotopic (exact) mass is 314 g/mol. The molecule has 8 heteroatoms. The van der Waals surface area contributed by atoms with E-state index in [1.54, 1.807) is 6.92 Å². The molecule has 1 atom stereocenters. The first kappa shape index (κ1) is 17.1. The summed E-state index contributed by atoms with van der Waals surface area (Å²) < 4.78 is 26.1. The lowest BCUT2D eigenvalue weighted by atomic mass is 10.2. The molecule has 7 nitrogen and oxygen atoms in total. The molecule has 1 amide bonds. The molecule has 1 aromatic carbocycles. The van der Waals surface area contributed by atoms with Gasteiger partial charge in [0.15, 0.2) is 0 Å². The van der Waals surface area contributed by atoms with Crippen molar-refractivity contribution in [3.63, 3.8) is 0 Å². The second-order valence-electron chi connectivity index (χ2n) is 4.54. The Morgan fingerprint density at radius 3 is 2.19 bits per heavy atom. The largest absolute Gasteiger partial charge is 0.481 e. The maximum absolute atomic E-state index is 12.5. The van der Waals surface area contributed by atoms with Crippen molar-refractivity contribution in [3.8, 4) is 0 Å². The fourth-order valence-corrected chi connectivity index (χ4v) is 3.64. The number of hydrogen-bond donors (Lipinski definition) is 2. The first-order valence-corrected chi connectivity index (χ1v) is 7.77. The van der Waals surface area contributed by atoms with Crippen molar-refractivity contribution in [3.05, 3.63) is 29.8 Å². The minimum absolute atomic E-state index is 0.00779. The second kappa shape index (κ2) is 6.68. The fourth-order valence-electron chi connectivity index (χ4n) is 2.00. The molecule has 1 unspecified atom stereocenters. The summed E-state index contributed by atoms with van der Waals surface area (Å²) in [6.45, 7) is 3.31. The summed E-state index contributed by atoms with van der Waals surface area (Å²) >= 11 is 0. The lowest BCUT2D eigenvalue weighted by molar-refractivity contribution is -0.137. The topological polar surface area (TPSA) is 118 Å². The zero-order valence-electron chi connectivity index (χ0n) is 11.8. The summed E-state index contributed by atoms with van der Waals surface area (Å²) in [5.41, 5.74) is 5.30. The highest BCUT2D eigenvalue weighted by molar-refractivity contribution is 7.89. The predicted molar refractivity (Wildman–Crippen MR) is 76.2 cm³/mol. The SMILES string of the molecule is CCN(C(C)CC(=O)O)S(=O)(=O)c1ccc(C(N)=O)cc1. The molecule has 0 fully saturated rings. The van der Waals surface area contributed by atoms with Crippen LogP contribution in [0.25, 0.3) is 0 Å². The normalized spacial score (nSPS) is 13.1. The smallest absolute Gasteiger partial charge is 0.304 e. The van der Waals surface area contributed by atoms with Gasteiger partial charge in [0.05, 0.1) is 11.3 Å². The van der Waals surface area contributed by atoms with Gasteiger partial charge in [-0.15, -0.1) is 0 Å². The van der Waals surface area contributed by atoms with E-state index in [4.69, 9.17) is 10.8 Å². The number of aliphatic carboxylic acids is 1. The molecule has 1 rings (SSSR count). The Bertz CT molecular complexity index is 624. The maximum Gasteiger partial charge on any atom is 0.304 e. The lowest BCUT2D eigenvalue weighted by Crippen LogP contribution is -2.39. The van der Waals surface area contributed by atoms with Crippen LogP contribution in [0.15, 0.2) is 29.2 Å². The van der Waals surface area contributed by atoms with Gasteiger partial charge in [0, 0.05) is 18.2 Å². The van der Waals surface area contributed by atoms with E-state index in [2.05, 4.69) is 0 Å². The van der Waals surface area contributed by atoms with Gasteiger partial charge in [0.2, 0.25) is 15.9 Å². The number of carboxylic acids is 1. The van der Waals surface area contributed by atoms with Crippen LogP contribution in [0.5, 0.6) is 0 Å². The number of sulfonamides is 1. The van der Waals surface area contributed by atoms with E-state index in [1.165, 1.54) is 31.2 Å². The van der Waals surface area contributed by atoms with Crippen molar-refractivity contribution < 1.29 is 23.1 Å². The van der Waals surface area contributed by atoms with Gasteiger partial charge < -0.3 is 10.8 Å². The Balaban J connectivity index is 3.12. The molecule has 1 aromatic rings. The average molecular weight is 314 g/mol. The standard InChI is InChI=1S/C13H18N2O5S/c1-3-15(9(2)8-12(16)17)21(19,20)11-6-4-10(5-7-11)13(14)18/h4-7,9H,3,8H2,1-2H3,(H2,14,18)(H,16,17). The number of amides is 1. The van der Waals surface area contributed by atoms with Crippen LogP contribution in [0.1, 0.15) is 30.6 Å². The van der Waals surface area contributed by atoms with E-state index in [0.717, 1.165) is 4.31 Å². The highest BCUT2D eigenvalue weighted by Crippen LogP contribution is 2.20. The highest BCUT2D eigenvalue weighted by Gasteiger charge is 2.28. The van der Waals surface area contributed by atoms with Gasteiger partial charge in [-0.25, -0.2) is 8.42 Å². The van der Waals surface area contributed by atoms with Crippen LogP contribution in [0.2, 0.25) is 0 Å². The molecule has 0 saturated heterocycles. The van der Waals surface area contributed by atoms with Crippen LogP contribution in [0, 0.1) is 0 Å². The Labute approximate surface area is 123 Å². The van der Waals surface area contributed by atoms with E-state index in [-0.39, 0.29) is 23.4 Å². The molecular weight excluding hydrogens is 296 g/mol. The van der Waals surface area contributed by atoms with Crippen molar-refractivity contribution in [2.24, 2.45) is 5.73 Å². The molecule has 0 aliphatic rings. The lowest BCUT2D eigenvalue weighted by Gasteiger charge is -2.26.